The summed E-state index contributed by atoms with van der Waals surface area (Å²) >= 11 is 0. The lowest BCUT2D eigenvalue weighted by atomic mass is 10.1. The summed E-state index contributed by atoms with van der Waals surface area (Å²) in [4.78, 5) is 25.6. The molecule has 0 fully saturated rings. The van der Waals surface area contributed by atoms with Crippen molar-refractivity contribution >= 4 is 17.4 Å². The number of hydrogen-bond donors (Lipinski definition) is 1. The number of carbonyl (C=O) groups is 2. The molecule has 0 saturated heterocycles. The number of anilines is 1. The normalized spacial score (nSPS) is 10.7. The van der Waals surface area contributed by atoms with Gasteiger partial charge in [0.1, 0.15) is 12.4 Å². The van der Waals surface area contributed by atoms with Gasteiger partial charge in [-0.05, 0) is 44.2 Å². The number of amides is 1. The Bertz CT molecular complexity index is 1230. The second kappa shape index (κ2) is 9.30. The summed E-state index contributed by atoms with van der Waals surface area (Å²) in [5.41, 5.74) is 2.72. The molecule has 0 radical (unpaired) electrons. The molecule has 162 valence electrons. The lowest BCUT2D eigenvalue weighted by Crippen LogP contribution is -2.24. The molecule has 2 heterocycles. The molecular weight excluding hydrogens is 406 g/mol. The SMILES string of the molecule is Cc1nn(-c2ccccc2)c(C)c1C(=O)C(=O)Nc1cccc(OCCn2cccn2)c1. The van der Waals surface area contributed by atoms with Crippen LogP contribution in [0.5, 0.6) is 5.75 Å². The molecule has 2 aromatic carbocycles. The first-order valence-electron chi connectivity index (χ1n) is 10.2. The van der Waals surface area contributed by atoms with Gasteiger partial charge in [-0.1, -0.05) is 24.3 Å². The van der Waals surface area contributed by atoms with Gasteiger partial charge in [0, 0.05) is 24.1 Å². The second-order valence-corrected chi connectivity index (χ2v) is 7.22. The van der Waals surface area contributed by atoms with Crippen LogP contribution in [0.4, 0.5) is 5.69 Å². The van der Waals surface area contributed by atoms with E-state index in [2.05, 4.69) is 15.5 Å². The van der Waals surface area contributed by atoms with Crippen LogP contribution in [0.15, 0.2) is 73.1 Å². The molecule has 32 heavy (non-hydrogen) atoms. The van der Waals surface area contributed by atoms with Crippen molar-refractivity contribution in [2.24, 2.45) is 0 Å². The average molecular weight is 429 g/mol. The maximum Gasteiger partial charge on any atom is 0.296 e. The number of nitrogens with one attached hydrogen (secondary N) is 1. The molecule has 0 spiro atoms. The quantitative estimate of drug-likeness (QED) is 0.341. The number of aryl methyl sites for hydroxylation is 1. The average Bonchev–Trinajstić information content (AvgIpc) is 3.42. The van der Waals surface area contributed by atoms with Gasteiger partial charge >= 0.3 is 0 Å². The van der Waals surface area contributed by atoms with Crippen molar-refractivity contribution in [2.45, 2.75) is 20.4 Å². The Labute approximate surface area is 185 Å². The van der Waals surface area contributed by atoms with E-state index in [1.165, 1.54) is 0 Å². The summed E-state index contributed by atoms with van der Waals surface area (Å²) in [6, 6.07) is 18.3. The number of ketones is 1. The summed E-state index contributed by atoms with van der Waals surface area (Å²) in [6.45, 7) is 4.53. The van der Waals surface area contributed by atoms with Crippen molar-refractivity contribution in [3.8, 4) is 11.4 Å². The van der Waals surface area contributed by atoms with Crippen LogP contribution in [0.3, 0.4) is 0 Å². The van der Waals surface area contributed by atoms with Gasteiger partial charge in [0.2, 0.25) is 0 Å². The van der Waals surface area contributed by atoms with Gasteiger partial charge in [-0.2, -0.15) is 10.2 Å². The molecule has 0 saturated carbocycles. The lowest BCUT2D eigenvalue weighted by Gasteiger charge is -2.09. The van der Waals surface area contributed by atoms with E-state index in [1.54, 1.807) is 53.7 Å². The first-order chi connectivity index (χ1) is 15.5. The van der Waals surface area contributed by atoms with Crippen molar-refractivity contribution < 1.29 is 14.3 Å². The van der Waals surface area contributed by atoms with E-state index in [1.807, 2.05) is 42.6 Å². The Hall–Kier alpha value is -4.20. The number of benzene rings is 2. The molecule has 1 amide bonds. The van der Waals surface area contributed by atoms with Crippen LogP contribution < -0.4 is 10.1 Å². The fraction of sp³-hybridized carbons (Fsp3) is 0.167. The number of Topliss-reactive ketones (excluding diaryl/α,β-unsaturated/α-hetero) is 1. The largest absolute Gasteiger partial charge is 0.492 e. The fourth-order valence-corrected chi connectivity index (χ4v) is 3.45. The molecule has 0 aliphatic heterocycles. The van der Waals surface area contributed by atoms with E-state index >= 15 is 0 Å². The first-order valence-corrected chi connectivity index (χ1v) is 10.2. The van der Waals surface area contributed by atoms with E-state index in [-0.39, 0.29) is 0 Å². The molecule has 0 bridgehead atoms. The van der Waals surface area contributed by atoms with E-state index in [0.717, 1.165) is 5.69 Å². The molecule has 2 aromatic heterocycles. The third-order valence-electron chi connectivity index (χ3n) is 4.97. The van der Waals surface area contributed by atoms with Gasteiger partial charge in [0.15, 0.2) is 0 Å². The van der Waals surface area contributed by atoms with Gasteiger partial charge < -0.3 is 10.1 Å². The van der Waals surface area contributed by atoms with Crippen LogP contribution in [-0.4, -0.2) is 37.9 Å². The zero-order valence-electron chi connectivity index (χ0n) is 17.9. The van der Waals surface area contributed by atoms with E-state index in [0.29, 0.717) is 41.5 Å². The Morgan fingerprint density at radius 2 is 1.84 bits per heavy atom. The second-order valence-electron chi connectivity index (χ2n) is 7.22. The van der Waals surface area contributed by atoms with Crippen molar-refractivity contribution in [3.63, 3.8) is 0 Å². The zero-order chi connectivity index (χ0) is 22.5. The third kappa shape index (κ3) is 4.59. The molecule has 8 heteroatoms. The minimum atomic E-state index is -0.725. The monoisotopic (exact) mass is 429 g/mol. The molecule has 1 N–H and O–H groups in total. The van der Waals surface area contributed by atoms with Gasteiger partial charge in [-0.3, -0.25) is 14.3 Å². The number of hydrogen-bond acceptors (Lipinski definition) is 5. The highest BCUT2D eigenvalue weighted by molar-refractivity contribution is 6.47. The first kappa shape index (κ1) is 21.0. The molecule has 0 aliphatic rings. The smallest absolute Gasteiger partial charge is 0.296 e. The molecule has 4 aromatic rings. The maximum atomic E-state index is 12.9. The number of aromatic nitrogens is 4. The van der Waals surface area contributed by atoms with Crippen LogP contribution in [-0.2, 0) is 11.3 Å². The Morgan fingerprint density at radius 1 is 1.03 bits per heavy atom. The predicted octanol–water partition coefficient (Wildman–Crippen LogP) is 3.59. The van der Waals surface area contributed by atoms with Gasteiger partial charge in [-0.15, -0.1) is 0 Å². The van der Waals surface area contributed by atoms with Crippen molar-refractivity contribution in [1.29, 1.82) is 0 Å². The molecule has 4 rings (SSSR count). The summed E-state index contributed by atoms with van der Waals surface area (Å²) in [7, 11) is 0. The fourth-order valence-electron chi connectivity index (χ4n) is 3.45. The third-order valence-corrected chi connectivity index (χ3v) is 4.97. The van der Waals surface area contributed by atoms with Crippen molar-refractivity contribution in [1.82, 2.24) is 19.6 Å². The van der Waals surface area contributed by atoms with Crippen LogP contribution in [0.2, 0.25) is 0 Å². The molecule has 8 nitrogen and oxygen atoms in total. The van der Waals surface area contributed by atoms with E-state index in [4.69, 9.17) is 4.74 Å². The van der Waals surface area contributed by atoms with Crippen molar-refractivity contribution in [3.05, 3.63) is 90.0 Å². The van der Waals surface area contributed by atoms with Crippen LogP contribution in [0, 0.1) is 13.8 Å². The number of nitrogens with zero attached hydrogens (tertiary/aromatic N) is 4. The predicted molar refractivity (Wildman–Crippen MR) is 120 cm³/mol. The minimum Gasteiger partial charge on any atom is -0.492 e. The Kier molecular flexibility index (Phi) is 6.12. The molecular formula is C24H23N5O3. The number of ether oxygens (including phenoxy) is 1. The van der Waals surface area contributed by atoms with Gasteiger partial charge in [-0.25, -0.2) is 4.68 Å². The zero-order valence-corrected chi connectivity index (χ0v) is 17.9. The highest BCUT2D eigenvalue weighted by Crippen LogP contribution is 2.21. The van der Waals surface area contributed by atoms with Crippen LogP contribution >= 0.6 is 0 Å². The summed E-state index contributed by atoms with van der Waals surface area (Å²) < 4.78 is 9.17. The van der Waals surface area contributed by atoms with Gasteiger partial charge in [0.05, 0.1) is 29.2 Å². The Balaban J connectivity index is 1.44. The lowest BCUT2D eigenvalue weighted by molar-refractivity contribution is -0.112. The summed E-state index contributed by atoms with van der Waals surface area (Å²) in [6.07, 6.45) is 3.57. The van der Waals surface area contributed by atoms with Crippen LogP contribution in [0.25, 0.3) is 5.69 Å². The standard InChI is InChI=1S/C24H23N5O3/c1-17-22(18(2)29(27-17)20-9-4-3-5-10-20)23(30)24(31)26-19-8-6-11-21(16-19)32-15-14-28-13-7-12-25-28/h3-13,16H,14-15H2,1-2H3,(H,26,31). The molecule has 0 unspecified atom stereocenters. The summed E-state index contributed by atoms with van der Waals surface area (Å²) in [5, 5.41) is 11.2. The Morgan fingerprint density at radius 3 is 2.59 bits per heavy atom. The minimum absolute atomic E-state index is 0.304. The van der Waals surface area contributed by atoms with Crippen molar-refractivity contribution in [2.75, 3.05) is 11.9 Å². The maximum absolute atomic E-state index is 12.9. The number of rotatable bonds is 8. The van der Waals surface area contributed by atoms with E-state index in [9.17, 15) is 9.59 Å². The topological polar surface area (TPSA) is 91.0 Å². The molecule has 0 atom stereocenters. The number of para-hydroxylation sites is 1. The highest BCUT2D eigenvalue weighted by Gasteiger charge is 2.25. The summed E-state index contributed by atoms with van der Waals surface area (Å²) in [5.74, 6) is -0.767. The van der Waals surface area contributed by atoms with Crippen LogP contribution in [0.1, 0.15) is 21.7 Å². The van der Waals surface area contributed by atoms with Gasteiger partial charge in [0.25, 0.3) is 11.7 Å². The van der Waals surface area contributed by atoms with E-state index < -0.39 is 11.7 Å². The highest BCUT2D eigenvalue weighted by atomic mass is 16.5. The molecule has 0 aliphatic carbocycles. The number of carbonyl (C=O) groups excluding carboxylic acids is 2.